The number of carbonyl (C=O) groups is 2. The van der Waals surface area contributed by atoms with Crippen LogP contribution in [-0.2, 0) is 19.9 Å². The van der Waals surface area contributed by atoms with Gasteiger partial charge in [0.1, 0.15) is 22.9 Å². The molecule has 0 aromatic heterocycles. The van der Waals surface area contributed by atoms with E-state index in [1.807, 2.05) is 0 Å². The number of hydrogen-bond acceptors (Lipinski definition) is 5. The Hall–Kier alpha value is -1.88. The molecular weight excluding hydrogens is 248 g/mol. The molecule has 0 spiro atoms. The highest BCUT2D eigenvalue weighted by Crippen LogP contribution is 2.59. The topological polar surface area (TPSA) is 72.8 Å². The Morgan fingerprint density at radius 2 is 2.16 bits per heavy atom. The molecule has 19 heavy (non-hydrogen) atoms. The Labute approximate surface area is 110 Å². The van der Waals surface area contributed by atoms with Crippen molar-refractivity contribution in [2.75, 3.05) is 0 Å². The summed E-state index contributed by atoms with van der Waals surface area (Å²) in [5.74, 6) is -1.54. The van der Waals surface area contributed by atoms with E-state index in [0.717, 1.165) is 0 Å². The molecule has 0 saturated heterocycles. The van der Waals surface area contributed by atoms with Crippen LogP contribution < -0.4 is 4.74 Å². The number of rotatable bonds is 1. The average molecular weight is 262 g/mol. The van der Waals surface area contributed by atoms with Gasteiger partial charge in [0.2, 0.25) is 0 Å². The van der Waals surface area contributed by atoms with Gasteiger partial charge in [-0.15, -0.1) is 0 Å². The van der Waals surface area contributed by atoms with E-state index in [4.69, 9.17) is 9.47 Å². The molecule has 5 nitrogen and oxygen atoms in total. The average Bonchev–Trinajstić information content (AvgIpc) is 2.25. The van der Waals surface area contributed by atoms with Crippen molar-refractivity contribution >= 4 is 11.9 Å². The number of esters is 2. The number of carbonyl (C=O) groups excluding carboxylic acids is 2. The van der Waals surface area contributed by atoms with Gasteiger partial charge in [-0.2, -0.15) is 0 Å². The summed E-state index contributed by atoms with van der Waals surface area (Å²) >= 11 is 0. The van der Waals surface area contributed by atoms with Gasteiger partial charge >= 0.3 is 11.9 Å². The largest absolute Gasteiger partial charge is 0.458 e. The number of benzene rings is 1. The zero-order valence-corrected chi connectivity index (χ0v) is 10.7. The fraction of sp³-hybridized carbons (Fsp3) is 0.429. The van der Waals surface area contributed by atoms with Crippen molar-refractivity contribution < 1.29 is 24.2 Å². The Morgan fingerprint density at radius 1 is 1.47 bits per heavy atom. The van der Waals surface area contributed by atoms with Crippen LogP contribution in [0.4, 0.5) is 0 Å². The van der Waals surface area contributed by atoms with Crippen molar-refractivity contribution in [2.45, 2.75) is 31.5 Å². The number of aliphatic hydroxyl groups is 1. The van der Waals surface area contributed by atoms with E-state index in [1.165, 1.54) is 6.92 Å². The second-order valence-corrected chi connectivity index (χ2v) is 5.36. The number of hydrogen-bond donors (Lipinski definition) is 1. The molecule has 1 aliphatic heterocycles. The molecular formula is C14H14O5. The molecule has 1 heterocycles. The summed E-state index contributed by atoms with van der Waals surface area (Å²) < 4.78 is 10.4. The van der Waals surface area contributed by atoms with E-state index in [9.17, 15) is 14.7 Å². The molecule has 3 rings (SSSR count). The molecule has 100 valence electrons. The summed E-state index contributed by atoms with van der Waals surface area (Å²) in [5, 5.41) is 10.7. The van der Waals surface area contributed by atoms with Crippen LogP contribution in [0, 0.1) is 5.92 Å². The molecule has 3 atom stereocenters. The van der Waals surface area contributed by atoms with E-state index in [2.05, 4.69) is 0 Å². The number of ether oxygens (including phenoxy) is 2. The number of fused-ring (bicyclic) bond motifs is 3. The van der Waals surface area contributed by atoms with Crippen LogP contribution in [-0.4, -0.2) is 22.6 Å². The third kappa shape index (κ3) is 1.51. The van der Waals surface area contributed by atoms with Crippen LogP contribution >= 0.6 is 0 Å². The standard InChI is InChI=1S/C14H14O5/c1-8(15)19-13(2)7-14(17)9-5-3-4-6-10(9)18-12(16)11(13)14/h3-6,11,17H,7H2,1-2H3. The Kier molecular flexibility index (Phi) is 2.29. The first kappa shape index (κ1) is 12.2. The van der Waals surface area contributed by atoms with E-state index in [1.54, 1.807) is 31.2 Å². The molecule has 3 unspecified atom stereocenters. The van der Waals surface area contributed by atoms with Gasteiger partial charge in [0.15, 0.2) is 0 Å². The molecule has 1 aromatic carbocycles. The highest BCUT2D eigenvalue weighted by atomic mass is 16.6. The van der Waals surface area contributed by atoms with E-state index >= 15 is 0 Å². The van der Waals surface area contributed by atoms with Crippen LogP contribution in [0.1, 0.15) is 25.8 Å². The minimum absolute atomic E-state index is 0.191. The Balaban J connectivity index is 2.03. The summed E-state index contributed by atoms with van der Waals surface area (Å²) in [5.41, 5.74) is -1.74. The molecule has 0 radical (unpaired) electrons. The van der Waals surface area contributed by atoms with Crippen molar-refractivity contribution in [3.8, 4) is 5.75 Å². The molecule has 1 aromatic rings. The molecule has 0 amide bonds. The van der Waals surface area contributed by atoms with Crippen LogP contribution in [0.25, 0.3) is 0 Å². The Morgan fingerprint density at radius 3 is 2.84 bits per heavy atom. The summed E-state index contributed by atoms with van der Waals surface area (Å²) in [6.07, 6.45) is 0.191. The molecule has 1 fully saturated rings. The van der Waals surface area contributed by atoms with Crippen LogP contribution in [0.2, 0.25) is 0 Å². The summed E-state index contributed by atoms with van der Waals surface area (Å²) in [6.45, 7) is 2.92. The third-order valence-corrected chi connectivity index (χ3v) is 3.89. The maximum atomic E-state index is 12.0. The lowest BCUT2D eigenvalue weighted by atomic mass is 9.55. The van der Waals surface area contributed by atoms with Gasteiger partial charge in [0, 0.05) is 18.9 Å². The van der Waals surface area contributed by atoms with Crippen LogP contribution in [0.5, 0.6) is 5.75 Å². The van der Waals surface area contributed by atoms with Gasteiger partial charge in [0.05, 0.1) is 0 Å². The van der Waals surface area contributed by atoms with Crippen LogP contribution in [0.3, 0.4) is 0 Å². The van der Waals surface area contributed by atoms with Gasteiger partial charge in [-0.3, -0.25) is 9.59 Å². The quantitative estimate of drug-likeness (QED) is 0.607. The first-order valence-corrected chi connectivity index (χ1v) is 6.10. The number of para-hydroxylation sites is 1. The summed E-state index contributed by atoms with van der Waals surface area (Å²) in [4.78, 5) is 23.2. The second kappa shape index (κ2) is 3.57. The lowest BCUT2D eigenvalue weighted by molar-refractivity contribution is -0.254. The normalized spacial score (nSPS) is 35.5. The smallest absolute Gasteiger partial charge is 0.321 e. The van der Waals surface area contributed by atoms with Crippen molar-refractivity contribution in [3.63, 3.8) is 0 Å². The van der Waals surface area contributed by atoms with Gasteiger partial charge in [-0.25, -0.2) is 0 Å². The van der Waals surface area contributed by atoms with Gasteiger partial charge in [-0.05, 0) is 13.0 Å². The van der Waals surface area contributed by atoms with Gasteiger partial charge in [-0.1, -0.05) is 18.2 Å². The first-order chi connectivity index (χ1) is 8.87. The van der Waals surface area contributed by atoms with Crippen molar-refractivity contribution in [3.05, 3.63) is 29.8 Å². The maximum absolute atomic E-state index is 12.0. The third-order valence-electron chi connectivity index (χ3n) is 3.89. The maximum Gasteiger partial charge on any atom is 0.321 e. The predicted molar refractivity (Wildman–Crippen MR) is 64.3 cm³/mol. The highest BCUT2D eigenvalue weighted by Gasteiger charge is 2.70. The summed E-state index contributed by atoms with van der Waals surface area (Å²) in [6, 6.07) is 6.87. The molecule has 1 saturated carbocycles. The van der Waals surface area contributed by atoms with Crippen LogP contribution in [0.15, 0.2) is 24.3 Å². The molecule has 1 N–H and O–H groups in total. The van der Waals surface area contributed by atoms with Crippen molar-refractivity contribution in [2.24, 2.45) is 5.92 Å². The van der Waals surface area contributed by atoms with Crippen molar-refractivity contribution in [1.82, 2.24) is 0 Å². The fourth-order valence-electron chi connectivity index (χ4n) is 3.31. The van der Waals surface area contributed by atoms with Gasteiger partial charge in [0.25, 0.3) is 0 Å². The van der Waals surface area contributed by atoms with E-state index in [0.29, 0.717) is 11.3 Å². The predicted octanol–water partition coefficient (Wildman–Crippen LogP) is 1.13. The highest BCUT2D eigenvalue weighted by molar-refractivity contribution is 5.84. The minimum Gasteiger partial charge on any atom is -0.458 e. The van der Waals surface area contributed by atoms with E-state index < -0.39 is 29.1 Å². The van der Waals surface area contributed by atoms with Gasteiger partial charge < -0.3 is 14.6 Å². The zero-order chi connectivity index (χ0) is 13.8. The summed E-state index contributed by atoms with van der Waals surface area (Å²) in [7, 11) is 0. The van der Waals surface area contributed by atoms with E-state index in [-0.39, 0.29) is 6.42 Å². The monoisotopic (exact) mass is 262 g/mol. The molecule has 0 bridgehead atoms. The zero-order valence-electron chi connectivity index (χ0n) is 10.7. The SMILES string of the molecule is CC(=O)OC1(C)CC2(O)c3ccccc3OC(=O)C12. The molecule has 2 aliphatic rings. The second-order valence-electron chi connectivity index (χ2n) is 5.36. The lowest BCUT2D eigenvalue weighted by Crippen LogP contribution is -2.69. The fourth-order valence-corrected chi connectivity index (χ4v) is 3.31. The van der Waals surface area contributed by atoms with Crippen molar-refractivity contribution in [1.29, 1.82) is 0 Å². The lowest BCUT2D eigenvalue weighted by Gasteiger charge is -2.57. The Bertz CT molecular complexity index is 581. The molecule has 1 aliphatic carbocycles. The minimum atomic E-state index is -1.31. The molecule has 5 heteroatoms. The first-order valence-electron chi connectivity index (χ1n) is 6.10.